The molecule has 0 amide bonds. The van der Waals surface area contributed by atoms with Crippen LogP contribution in [0.1, 0.15) is 115 Å². The molecule has 0 bridgehead atoms. The molecule has 0 atom stereocenters. The summed E-state index contributed by atoms with van der Waals surface area (Å²) in [5.41, 5.74) is 4.44. The van der Waals surface area contributed by atoms with Gasteiger partial charge in [0, 0.05) is 62.6 Å². The third-order valence-electron chi connectivity index (χ3n) is 13.1. The highest BCUT2D eigenvalue weighted by Gasteiger charge is 2.25. The molecule has 0 N–H and O–H groups in total. The molecule has 0 unspecified atom stereocenters. The van der Waals surface area contributed by atoms with Gasteiger partial charge >= 0.3 is 0 Å². The zero-order valence-electron chi connectivity index (χ0n) is 34.0. The highest BCUT2D eigenvalue weighted by atomic mass is 32.1. The van der Waals surface area contributed by atoms with Crippen LogP contribution in [0.2, 0.25) is 0 Å². The molecule has 0 saturated heterocycles. The number of unbranched alkanes of at least 4 members (excludes halogenated alkanes) is 9. The normalized spacial score (nSPS) is 12.5. The maximum Gasteiger partial charge on any atom is 0.0427 e. The molecule has 288 valence electrons. The lowest BCUT2D eigenvalue weighted by Crippen LogP contribution is -1.94. The lowest BCUT2D eigenvalue weighted by Gasteiger charge is -2.21. The largest absolute Gasteiger partial charge is 0.143 e. The van der Waals surface area contributed by atoms with Gasteiger partial charge in [0.25, 0.3) is 0 Å². The Bertz CT molecular complexity index is 2730. The van der Waals surface area contributed by atoms with Crippen LogP contribution in [0.15, 0.2) is 88.9 Å². The van der Waals surface area contributed by atoms with E-state index in [1.54, 1.807) is 0 Å². The molecule has 3 heteroatoms. The van der Waals surface area contributed by atoms with Gasteiger partial charge in [-0.2, -0.15) is 0 Å². The van der Waals surface area contributed by atoms with Crippen LogP contribution < -0.4 is 0 Å². The van der Waals surface area contributed by atoms with Crippen molar-refractivity contribution in [1.82, 2.24) is 0 Å². The van der Waals surface area contributed by atoms with Crippen LogP contribution in [0.5, 0.6) is 0 Å². The van der Waals surface area contributed by atoms with Gasteiger partial charge in [-0.1, -0.05) is 133 Å². The van der Waals surface area contributed by atoms with Gasteiger partial charge in [-0.15, -0.1) is 34.0 Å². The van der Waals surface area contributed by atoms with E-state index in [0.29, 0.717) is 0 Å². The van der Waals surface area contributed by atoms with Crippen LogP contribution in [-0.2, 0) is 19.3 Å². The molecule has 0 radical (unpaired) electrons. The minimum Gasteiger partial charge on any atom is -0.143 e. The van der Waals surface area contributed by atoms with E-state index < -0.39 is 0 Å². The summed E-state index contributed by atoms with van der Waals surface area (Å²) in [7, 11) is 0. The van der Waals surface area contributed by atoms with E-state index in [9.17, 15) is 0 Å². The molecule has 3 heterocycles. The number of fused-ring (bicyclic) bond motifs is 21. The second kappa shape index (κ2) is 16.0. The van der Waals surface area contributed by atoms with Crippen molar-refractivity contribution in [3.63, 3.8) is 0 Å². The highest BCUT2D eigenvalue weighted by molar-refractivity contribution is 7.19. The maximum absolute atomic E-state index is 2.62. The Morgan fingerprint density at radius 2 is 0.596 bits per heavy atom. The number of hydrogen-bond donors (Lipinski definition) is 0. The van der Waals surface area contributed by atoms with Crippen molar-refractivity contribution in [3.8, 4) is 0 Å². The van der Waals surface area contributed by atoms with Crippen LogP contribution >= 0.6 is 34.0 Å². The summed E-state index contributed by atoms with van der Waals surface area (Å²) in [5.74, 6) is 0. The molecule has 0 aliphatic carbocycles. The first kappa shape index (κ1) is 37.3. The van der Waals surface area contributed by atoms with Crippen LogP contribution in [-0.4, -0.2) is 0 Å². The van der Waals surface area contributed by atoms with Crippen molar-refractivity contribution in [2.45, 2.75) is 117 Å². The lowest BCUT2D eigenvalue weighted by molar-refractivity contribution is 0.667. The van der Waals surface area contributed by atoms with Crippen LogP contribution in [0.4, 0.5) is 0 Å². The Morgan fingerprint density at radius 3 is 0.895 bits per heavy atom. The zero-order chi connectivity index (χ0) is 38.5. The number of benzene rings is 7. The van der Waals surface area contributed by atoms with Crippen molar-refractivity contribution in [1.29, 1.82) is 0 Å². The maximum atomic E-state index is 2.62. The minimum atomic E-state index is 1.14. The topological polar surface area (TPSA) is 0 Å². The molecular weight excluding hydrogens is 745 g/mol. The Balaban J connectivity index is 1.42. The standard InChI is InChI=1S/C54H54S3/c1-4-7-10-13-16-34-19-22-37-43(31-34)49-46(40-25-28-55-52(37)40)50-45-33-36(18-15-12-9-6-3)21-24-39(45)54-42(27-30-57-54)48(50)51-44-32-35(17-14-11-8-5-2)20-23-38(44)53-41(47(49)51)26-29-56-53/h19-33H,4-18H2,1-3H3. The van der Waals surface area contributed by atoms with Crippen molar-refractivity contribution in [2.24, 2.45) is 0 Å². The average molecular weight is 799 g/mol. The minimum absolute atomic E-state index is 1.14. The first-order valence-corrected chi connectivity index (χ1v) is 24.7. The van der Waals surface area contributed by atoms with E-state index in [4.69, 9.17) is 0 Å². The Hall–Kier alpha value is -4.02. The van der Waals surface area contributed by atoms with Gasteiger partial charge in [-0.05, 0) is 122 Å². The van der Waals surface area contributed by atoms with E-state index >= 15 is 0 Å². The summed E-state index contributed by atoms with van der Waals surface area (Å²) in [4.78, 5) is 0. The molecule has 3 aromatic heterocycles. The van der Waals surface area contributed by atoms with Crippen molar-refractivity contribution in [2.75, 3.05) is 0 Å². The quantitative estimate of drug-likeness (QED) is 0.0716. The van der Waals surface area contributed by atoms with Crippen LogP contribution in [0.3, 0.4) is 0 Å². The molecule has 0 nitrogen and oxygen atoms in total. The van der Waals surface area contributed by atoms with E-state index in [0.717, 1.165) is 19.3 Å². The fourth-order valence-corrected chi connectivity index (χ4v) is 13.1. The van der Waals surface area contributed by atoms with Gasteiger partial charge in [-0.25, -0.2) is 0 Å². The Labute approximate surface area is 349 Å². The van der Waals surface area contributed by atoms with Gasteiger partial charge < -0.3 is 0 Å². The van der Waals surface area contributed by atoms with E-state index in [1.807, 2.05) is 34.0 Å². The van der Waals surface area contributed by atoms with Crippen molar-refractivity contribution < 1.29 is 0 Å². The van der Waals surface area contributed by atoms with Crippen molar-refractivity contribution in [3.05, 3.63) is 106 Å². The SMILES string of the molecule is CCCCCCc1ccc2c(c1)c1c3c4ccsc4c4ccc(CCCCCC)cc4c3c3c4ccsc4c4ccc(CCCCCC)cc4c3c1c1ccsc21. The van der Waals surface area contributed by atoms with Gasteiger partial charge in [0.2, 0.25) is 0 Å². The van der Waals surface area contributed by atoms with Gasteiger partial charge in [0.05, 0.1) is 0 Å². The first-order valence-electron chi connectivity index (χ1n) is 22.1. The number of hydrogen-bond acceptors (Lipinski definition) is 3. The predicted octanol–water partition coefficient (Wildman–Crippen LogP) is 18.6. The fraction of sp³-hybridized carbons (Fsp3) is 0.333. The van der Waals surface area contributed by atoms with Crippen LogP contribution in [0, 0.1) is 0 Å². The number of thiophene rings is 3. The smallest absolute Gasteiger partial charge is 0.0427 e. The average Bonchev–Trinajstić information content (AvgIpc) is 4.04. The fourth-order valence-electron chi connectivity index (χ4n) is 10.2. The van der Waals surface area contributed by atoms with E-state index in [-0.39, 0.29) is 0 Å². The lowest BCUT2D eigenvalue weighted by atomic mass is 9.82. The summed E-state index contributed by atoms with van der Waals surface area (Å²) >= 11 is 5.79. The second-order valence-electron chi connectivity index (χ2n) is 16.8. The van der Waals surface area contributed by atoms with Gasteiger partial charge in [0.1, 0.15) is 0 Å². The summed E-state index contributed by atoms with van der Waals surface area (Å²) in [6.07, 6.45) is 18.9. The molecule has 0 aliphatic rings. The number of rotatable bonds is 15. The van der Waals surface area contributed by atoms with E-state index in [2.05, 4.69) is 110 Å². The summed E-state index contributed by atoms with van der Waals surface area (Å²) in [5, 5.41) is 28.7. The molecule has 0 saturated carbocycles. The molecule has 0 fully saturated rings. The third kappa shape index (κ3) is 6.35. The summed E-state index contributed by atoms with van der Waals surface area (Å²) < 4.78 is 4.30. The van der Waals surface area contributed by atoms with Crippen LogP contribution in [0.25, 0.3) is 94.9 Å². The Kier molecular flexibility index (Phi) is 10.4. The molecule has 7 aromatic carbocycles. The second-order valence-corrected chi connectivity index (χ2v) is 19.6. The molecular formula is C54H54S3. The van der Waals surface area contributed by atoms with E-state index in [1.165, 1.54) is 189 Å². The molecule has 10 rings (SSSR count). The monoisotopic (exact) mass is 798 g/mol. The summed E-state index contributed by atoms with van der Waals surface area (Å²) in [6.45, 7) is 6.95. The van der Waals surface area contributed by atoms with Gasteiger partial charge in [-0.3, -0.25) is 0 Å². The molecule has 0 spiro atoms. The predicted molar refractivity (Wildman–Crippen MR) is 261 cm³/mol. The summed E-state index contributed by atoms with van der Waals surface area (Å²) in [6, 6.07) is 30.0. The highest BCUT2D eigenvalue weighted by Crippen LogP contribution is 2.54. The third-order valence-corrected chi connectivity index (χ3v) is 15.9. The zero-order valence-corrected chi connectivity index (χ0v) is 36.4. The number of aryl methyl sites for hydroxylation is 3. The van der Waals surface area contributed by atoms with Gasteiger partial charge in [0.15, 0.2) is 0 Å². The first-order chi connectivity index (χ1) is 28.2. The Morgan fingerprint density at radius 1 is 0.298 bits per heavy atom. The molecule has 0 aliphatic heterocycles. The molecule has 57 heavy (non-hydrogen) atoms. The van der Waals surface area contributed by atoms with Crippen molar-refractivity contribution >= 4 is 129 Å². The molecule has 10 aromatic rings.